The number of rotatable bonds is 15. The molecule has 0 saturated carbocycles. The Morgan fingerprint density at radius 2 is 1.50 bits per heavy atom. The highest BCUT2D eigenvalue weighted by atomic mass is 16.4. The average Bonchev–Trinajstić information content (AvgIpc) is 3.02. The fraction of sp³-hybridized carbons (Fsp3) is 0.615. The zero-order valence-electron chi connectivity index (χ0n) is 19.3. The molecule has 1 aromatic heterocycles. The van der Waals surface area contributed by atoms with E-state index in [1.165, 1.54) is 69.3 Å². The van der Waals surface area contributed by atoms with Gasteiger partial charge >= 0.3 is 0 Å². The number of hydrogen-bond donors (Lipinski definition) is 0. The third kappa shape index (κ3) is 7.62. The molecule has 0 aliphatic rings. The number of aryl methyl sites for hydroxylation is 1. The van der Waals surface area contributed by atoms with Crippen molar-refractivity contribution in [1.82, 2.24) is 4.57 Å². The van der Waals surface area contributed by atoms with E-state index in [-0.39, 0.29) is 5.56 Å². The minimum Gasteiger partial charge on any atom is -0.545 e. The van der Waals surface area contributed by atoms with E-state index in [9.17, 15) is 9.90 Å². The highest BCUT2D eigenvalue weighted by molar-refractivity contribution is 5.85. The first-order valence-corrected chi connectivity index (χ1v) is 12.0. The van der Waals surface area contributed by atoms with E-state index >= 15 is 0 Å². The predicted molar refractivity (Wildman–Crippen MR) is 120 cm³/mol. The molecule has 0 aliphatic heterocycles. The van der Waals surface area contributed by atoms with Crippen molar-refractivity contribution in [2.75, 3.05) is 0 Å². The lowest BCUT2D eigenvalue weighted by molar-refractivity contribution is -0.695. The molecule has 1 heterocycles. The first-order chi connectivity index (χ1) is 14.6. The van der Waals surface area contributed by atoms with Crippen molar-refractivity contribution in [3.63, 3.8) is 0 Å². The number of unbranched alkanes of at least 4 members (excludes halogenated alkanes) is 8. The Hall–Kier alpha value is -2.10. The second-order valence-corrected chi connectivity index (χ2v) is 8.53. The maximum atomic E-state index is 11.0. The SMILES string of the molecule is CCCCCCCCCCCc1n(CCC)c(C)c[n+]1Cc1ccc(C(=O)[O-])cc1. The third-order valence-corrected chi connectivity index (χ3v) is 5.91. The standard InChI is InChI=1S/C26H40N2O2/c1-4-6-7-8-9-10-11-12-13-14-25-27(20-22(3)28(25)19-5-2)21-23-15-17-24(18-16-23)26(29)30/h15-18,20H,4-14,19,21H2,1-3H3. The van der Waals surface area contributed by atoms with Crippen molar-refractivity contribution in [3.05, 3.63) is 53.1 Å². The monoisotopic (exact) mass is 412 g/mol. The molecule has 0 fully saturated rings. The fourth-order valence-electron chi connectivity index (χ4n) is 4.21. The summed E-state index contributed by atoms with van der Waals surface area (Å²) in [5.74, 6) is 0.270. The van der Waals surface area contributed by atoms with E-state index in [2.05, 4.69) is 36.1 Å². The lowest BCUT2D eigenvalue weighted by Crippen LogP contribution is -2.38. The Morgan fingerprint density at radius 1 is 0.900 bits per heavy atom. The van der Waals surface area contributed by atoms with Gasteiger partial charge in [0.15, 0.2) is 0 Å². The average molecular weight is 413 g/mol. The summed E-state index contributed by atoms with van der Waals surface area (Å²) in [6, 6.07) is 7.07. The topological polar surface area (TPSA) is 48.9 Å². The number of carbonyl (C=O) groups is 1. The molecule has 0 bridgehead atoms. The van der Waals surface area contributed by atoms with Gasteiger partial charge in [-0.25, -0.2) is 9.13 Å². The van der Waals surface area contributed by atoms with Gasteiger partial charge in [0.25, 0.3) is 5.82 Å². The highest BCUT2D eigenvalue weighted by Crippen LogP contribution is 2.13. The van der Waals surface area contributed by atoms with E-state index < -0.39 is 5.97 Å². The second-order valence-electron chi connectivity index (χ2n) is 8.53. The van der Waals surface area contributed by atoms with Crippen molar-refractivity contribution in [3.8, 4) is 0 Å². The van der Waals surface area contributed by atoms with Crippen LogP contribution in [0.3, 0.4) is 0 Å². The quantitative estimate of drug-likeness (QED) is 0.306. The van der Waals surface area contributed by atoms with Gasteiger partial charge in [-0.15, -0.1) is 0 Å². The van der Waals surface area contributed by atoms with Gasteiger partial charge in [-0.05, 0) is 24.0 Å². The first-order valence-electron chi connectivity index (χ1n) is 12.0. The summed E-state index contributed by atoms with van der Waals surface area (Å²) >= 11 is 0. The minimum absolute atomic E-state index is 0.235. The van der Waals surface area contributed by atoms with Crippen LogP contribution in [0, 0.1) is 6.92 Å². The molecule has 0 unspecified atom stereocenters. The van der Waals surface area contributed by atoms with E-state index in [0.717, 1.165) is 31.5 Å². The molecule has 0 amide bonds. The van der Waals surface area contributed by atoms with Crippen LogP contribution in [0.2, 0.25) is 0 Å². The van der Waals surface area contributed by atoms with E-state index in [4.69, 9.17) is 0 Å². The molecule has 2 rings (SSSR count). The number of imidazole rings is 1. The maximum Gasteiger partial charge on any atom is 0.256 e. The molecule has 4 heteroatoms. The molecule has 166 valence electrons. The van der Waals surface area contributed by atoms with Gasteiger partial charge in [-0.3, -0.25) is 0 Å². The van der Waals surface area contributed by atoms with Crippen molar-refractivity contribution in [2.24, 2.45) is 0 Å². The van der Waals surface area contributed by atoms with E-state index in [0.29, 0.717) is 0 Å². The second kappa shape index (κ2) is 13.3. The number of carbonyl (C=O) groups excluding carboxylic acids is 1. The molecule has 0 spiro atoms. The van der Waals surface area contributed by atoms with Crippen molar-refractivity contribution < 1.29 is 14.5 Å². The van der Waals surface area contributed by atoms with Gasteiger partial charge < -0.3 is 9.90 Å². The summed E-state index contributed by atoms with van der Waals surface area (Å²) in [5, 5.41) is 11.0. The molecule has 4 nitrogen and oxygen atoms in total. The van der Waals surface area contributed by atoms with Crippen molar-refractivity contribution in [1.29, 1.82) is 0 Å². The summed E-state index contributed by atoms with van der Waals surface area (Å²) in [4.78, 5) is 11.0. The van der Waals surface area contributed by atoms with Crippen LogP contribution in [-0.2, 0) is 19.5 Å². The van der Waals surface area contributed by atoms with Crippen LogP contribution in [0.4, 0.5) is 0 Å². The number of hydrogen-bond acceptors (Lipinski definition) is 2. The number of nitrogens with zero attached hydrogens (tertiary/aromatic N) is 2. The van der Waals surface area contributed by atoms with Gasteiger partial charge in [0.05, 0.1) is 12.5 Å². The lowest BCUT2D eigenvalue weighted by Gasteiger charge is -2.07. The van der Waals surface area contributed by atoms with Gasteiger partial charge in [-0.1, -0.05) is 89.5 Å². The van der Waals surface area contributed by atoms with Crippen molar-refractivity contribution >= 4 is 5.97 Å². The summed E-state index contributed by atoms with van der Waals surface area (Å²) < 4.78 is 4.81. The van der Waals surface area contributed by atoms with Crippen LogP contribution >= 0.6 is 0 Å². The zero-order valence-corrected chi connectivity index (χ0v) is 19.3. The highest BCUT2D eigenvalue weighted by Gasteiger charge is 2.20. The number of aromatic carboxylic acids is 1. The van der Waals surface area contributed by atoms with Crippen LogP contribution in [0.1, 0.15) is 105 Å². The molecular weight excluding hydrogens is 372 g/mol. The zero-order chi connectivity index (χ0) is 21.8. The van der Waals surface area contributed by atoms with E-state index in [1.807, 2.05) is 12.1 Å². The Balaban J connectivity index is 1.93. The molecule has 0 radical (unpaired) electrons. The molecule has 0 atom stereocenters. The molecular formula is C26H40N2O2. The Morgan fingerprint density at radius 3 is 2.07 bits per heavy atom. The molecule has 1 aromatic carbocycles. The van der Waals surface area contributed by atoms with Gasteiger partial charge in [0, 0.05) is 13.3 Å². The van der Waals surface area contributed by atoms with Crippen LogP contribution in [0.25, 0.3) is 0 Å². The van der Waals surface area contributed by atoms with E-state index in [1.54, 1.807) is 12.1 Å². The van der Waals surface area contributed by atoms with Gasteiger partial charge in [-0.2, -0.15) is 0 Å². The number of aromatic nitrogens is 2. The Bertz CT molecular complexity index is 762. The third-order valence-electron chi connectivity index (χ3n) is 5.91. The lowest BCUT2D eigenvalue weighted by atomic mass is 10.1. The summed E-state index contributed by atoms with van der Waals surface area (Å²) in [5.41, 5.74) is 2.65. The molecule has 0 N–H and O–H groups in total. The summed E-state index contributed by atoms with van der Waals surface area (Å²) in [6.45, 7) is 8.51. The number of carboxylic acid groups (broad SMARTS) is 1. The van der Waals surface area contributed by atoms with Crippen LogP contribution in [-0.4, -0.2) is 10.5 Å². The summed E-state index contributed by atoms with van der Waals surface area (Å²) in [7, 11) is 0. The van der Waals surface area contributed by atoms with Crippen molar-refractivity contribution in [2.45, 2.75) is 104 Å². The normalized spacial score (nSPS) is 11.2. The van der Waals surface area contributed by atoms with Crippen LogP contribution < -0.4 is 9.67 Å². The summed E-state index contributed by atoms with van der Waals surface area (Å²) in [6.07, 6.45) is 16.6. The van der Waals surface area contributed by atoms with Crippen LogP contribution in [0.5, 0.6) is 0 Å². The number of benzene rings is 1. The van der Waals surface area contributed by atoms with Crippen LogP contribution in [0.15, 0.2) is 30.5 Å². The smallest absolute Gasteiger partial charge is 0.256 e. The predicted octanol–water partition coefficient (Wildman–Crippen LogP) is 4.98. The largest absolute Gasteiger partial charge is 0.545 e. The first kappa shape index (κ1) is 24.2. The maximum absolute atomic E-state index is 11.0. The molecule has 2 aromatic rings. The minimum atomic E-state index is -1.12. The van der Waals surface area contributed by atoms with Gasteiger partial charge in [0.2, 0.25) is 0 Å². The Labute approximate surface area is 182 Å². The molecule has 30 heavy (non-hydrogen) atoms. The van der Waals surface area contributed by atoms with Gasteiger partial charge in [0.1, 0.15) is 18.4 Å². The molecule has 0 saturated heterocycles. The number of carboxylic acids is 1. The Kier molecular flexibility index (Phi) is 10.7. The molecule has 0 aliphatic carbocycles. The fourth-order valence-corrected chi connectivity index (χ4v) is 4.21.